The zero-order valence-corrected chi connectivity index (χ0v) is 11.0. The molecule has 4 N–H and O–H groups in total. The number of nitrogens with zero attached hydrogens (tertiary/aromatic N) is 1. The van der Waals surface area contributed by atoms with Crippen LogP contribution >= 0.6 is 0 Å². The Morgan fingerprint density at radius 2 is 1.89 bits per heavy atom. The van der Waals surface area contributed by atoms with Crippen molar-refractivity contribution in [2.24, 2.45) is 5.73 Å². The molecule has 3 amide bonds. The molecule has 0 radical (unpaired) electrons. The lowest BCUT2D eigenvalue weighted by atomic mass is 10.2. The highest BCUT2D eigenvalue weighted by Gasteiger charge is 2.25. The van der Waals surface area contributed by atoms with E-state index in [9.17, 15) is 14.4 Å². The maximum absolute atomic E-state index is 11.9. The van der Waals surface area contributed by atoms with Gasteiger partial charge in [0.05, 0.1) is 6.42 Å². The van der Waals surface area contributed by atoms with Crippen molar-refractivity contribution in [1.29, 1.82) is 0 Å². The summed E-state index contributed by atoms with van der Waals surface area (Å²) in [6, 6.07) is -1.83. The van der Waals surface area contributed by atoms with Gasteiger partial charge in [-0.15, -0.1) is 0 Å². The second-order valence-electron chi connectivity index (χ2n) is 4.30. The lowest BCUT2D eigenvalue weighted by molar-refractivity contribution is -0.141. The van der Waals surface area contributed by atoms with Crippen molar-refractivity contribution >= 4 is 17.9 Å². The normalized spacial score (nSPS) is 12.0. The number of nitrogens with one attached hydrogen (secondary N) is 1. The van der Waals surface area contributed by atoms with Gasteiger partial charge in [0.25, 0.3) is 0 Å². The van der Waals surface area contributed by atoms with Gasteiger partial charge in [-0.25, -0.2) is 9.59 Å². The standard InChI is InChI=1S/C11H21N3O4/c1-4-5-14(7(2)3)11(18)13-8(10(16)17)6-9(12)15/h7-8H,4-6H2,1-3H3,(H2,12,15)(H,13,18)(H,16,17)/t8-/m0/s1. The fourth-order valence-electron chi connectivity index (χ4n) is 1.47. The number of carboxylic acid groups (broad SMARTS) is 1. The van der Waals surface area contributed by atoms with E-state index in [-0.39, 0.29) is 6.04 Å². The summed E-state index contributed by atoms with van der Waals surface area (Å²) < 4.78 is 0. The lowest BCUT2D eigenvalue weighted by Crippen LogP contribution is -2.51. The van der Waals surface area contributed by atoms with Crippen LogP contribution in [0.25, 0.3) is 0 Å². The topological polar surface area (TPSA) is 113 Å². The molecule has 18 heavy (non-hydrogen) atoms. The third-order valence-electron chi connectivity index (χ3n) is 2.35. The van der Waals surface area contributed by atoms with E-state index < -0.39 is 30.4 Å². The predicted molar refractivity (Wildman–Crippen MR) is 65.9 cm³/mol. The summed E-state index contributed by atoms with van der Waals surface area (Å²) in [5.74, 6) is -2.04. The van der Waals surface area contributed by atoms with Crippen molar-refractivity contribution in [1.82, 2.24) is 10.2 Å². The zero-order chi connectivity index (χ0) is 14.3. The summed E-state index contributed by atoms with van der Waals surface area (Å²) in [6.07, 6.45) is 0.346. The second kappa shape index (κ2) is 7.52. The molecule has 0 aromatic rings. The van der Waals surface area contributed by atoms with Crippen molar-refractivity contribution in [3.05, 3.63) is 0 Å². The van der Waals surface area contributed by atoms with E-state index in [2.05, 4.69) is 5.32 Å². The number of rotatable bonds is 7. The van der Waals surface area contributed by atoms with Crippen molar-refractivity contribution in [2.45, 2.75) is 45.7 Å². The van der Waals surface area contributed by atoms with Crippen LogP contribution in [-0.2, 0) is 9.59 Å². The van der Waals surface area contributed by atoms with Crippen LogP contribution in [0.4, 0.5) is 4.79 Å². The Morgan fingerprint density at radius 1 is 1.33 bits per heavy atom. The second-order valence-corrected chi connectivity index (χ2v) is 4.30. The molecule has 104 valence electrons. The van der Waals surface area contributed by atoms with Gasteiger partial charge in [0.15, 0.2) is 0 Å². The van der Waals surface area contributed by atoms with Gasteiger partial charge in [-0.1, -0.05) is 6.92 Å². The number of nitrogens with two attached hydrogens (primary N) is 1. The van der Waals surface area contributed by atoms with Crippen LogP contribution in [0.15, 0.2) is 0 Å². The van der Waals surface area contributed by atoms with Gasteiger partial charge in [-0.05, 0) is 20.3 Å². The summed E-state index contributed by atoms with van der Waals surface area (Å²) in [7, 11) is 0. The molecular weight excluding hydrogens is 238 g/mol. The number of primary amides is 1. The molecule has 0 unspecified atom stereocenters. The molecule has 1 atom stereocenters. The molecule has 0 aromatic heterocycles. The summed E-state index contributed by atoms with van der Waals surface area (Å²) in [4.78, 5) is 35.0. The Kier molecular flexibility index (Phi) is 6.77. The highest BCUT2D eigenvalue weighted by atomic mass is 16.4. The molecule has 0 aromatic carbocycles. The number of carbonyl (C=O) groups excluding carboxylic acids is 2. The number of carboxylic acids is 1. The summed E-state index contributed by atoms with van der Waals surface area (Å²) in [5.41, 5.74) is 4.93. The fraction of sp³-hybridized carbons (Fsp3) is 0.727. The van der Waals surface area contributed by atoms with Crippen LogP contribution in [-0.4, -0.2) is 46.5 Å². The van der Waals surface area contributed by atoms with Gasteiger partial charge in [0.1, 0.15) is 6.04 Å². The van der Waals surface area contributed by atoms with Gasteiger partial charge in [-0.3, -0.25) is 4.79 Å². The third-order valence-corrected chi connectivity index (χ3v) is 2.35. The molecule has 0 aliphatic carbocycles. The SMILES string of the molecule is CCCN(C(=O)N[C@@H](CC(N)=O)C(=O)O)C(C)C. The molecule has 7 heteroatoms. The zero-order valence-electron chi connectivity index (χ0n) is 11.0. The van der Waals surface area contributed by atoms with Crippen LogP contribution < -0.4 is 11.1 Å². The summed E-state index contributed by atoms with van der Waals surface area (Å²) in [6.45, 7) is 6.10. The van der Waals surface area contributed by atoms with E-state index in [4.69, 9.17) is 10.8 Å². The van der Waals surface area contributed by atoms with E-state index in [1.54, 1.807) is 0 Å². The molecular formula is C11H21N3O4. The quantitative estimate of drug-likeness (QED) is 0.603. The maximum Gasteiger partial charge on any atom is 0.326 e. The molecule has 0 spiro atoms. The van der Waals surface area contributed by atoms with Crippen LogP contribution in [0.3, 0.4) is 0 Å². The van der Waals surface area contributed by atoms with Crippen LogP contribution in [0.5, 0.6) is 0 Å². The first-order valence-electron chi connectivity index (χ1n) is 5.87. The van der Waals surface area contributed by atoms with Crippen molar-refractivity contribution in [2.75, 3.05) is 6.54 Å². The number of hydrogen-bond acceptors (Lipinski definition) is 3. The Labute approximate surface area is 106 Å². The van der Waals surface area contributed by atoms with Gasteiger partial charge < -0.3 is 21.1 Å². The highest BCUT2D eigenvalue weighted by molar-refractivity contribution is 5.87. The van der Waals surface area contributed by atoms with Crippen LogP contribution in [0, 0.1) is 0 Å². The molecule has 0 bridgehead atoms. The van der Waals surface area contributed by atoms with Gasteiger partial charge in [0, 0.05) is 12.6 Å². The van der Waals surface area contributed by atoms with Crippen molar-refractivity contribution in [3.8, 4) is 0 Å². The van der Waals surface area contributed by atoms with E-state index in [0.29, 0.717) is 6.54 Å². The number of aliphatic carboxylic acids is 1. The number of hydrogen-bond donors (Lipinski definition) is 3. The van der Waals surface area contributed by atoms with Crippen LogP contribution in [0.2, 0.25) is 0 Å². The van der Waals surface area contributed by atoms with E-state index in [0.717, 1.165) is 6.42 Å². The van der Waals surface area contributed by atoms with Gasteiger partial charge in [0.2, 0.25) is 5.91 Å². The summed E-state index contributed by atoms with van der Waals surface area (Å²) in [5, 5.41) is 11.2. The first-order chi connectivity index (χ1) is 8.29. The molecule has 0 fully saturated rings. The lowest BCUT2D eigenvalue weighted by Gasteiger charge is -2.27. The first-order valence-corrected chi connectivity index (χ1v) is 5.87. The molecule has 0 saturated heterocycles. The monoisotopic (exact) mass is 259 g/mol. The van der Waals surface area contributed by atoms with Gasteiger partial charge in [-0.2, -0.15) is 0 Å². The third kappa shape index (κ3) is 5.51. The molecule has 7 nitrogen and oxygen atoms in total. The average Bonchev–Trinajstić information content (AvgIpc) is 2.23. The molecule has 0 saturated carbocycles. The maximum atomic E-state index is 11.9. The van der Waals surface area contributed by atoms with E-state index in [1.807, 2.05) is 20.8 Å². The minimum Gasteiger partial charge on any atom is -0.480 e. The number of amides is 3. The minimum atomic E-state index is -1.28. The Balaban J connectivity index is 4.65. The average molecular weight is 259 g/mol. The minimum absolute atomic E-state index is 0.0482. The fourth-order valence-corrected chi connectivity index (χ4v) is 1.47. The van der Waals surface area contributed by atoms with Crippen LogP contribution in [0.1, 0.15) is 33.6 Å². The van der Waals surface area contributed by atoms with Crippen molar-refractivity contribution < 1.29 is 19.5 Å². The summed E-state index contributed by atoms with van der Waals surface area (Å²) >= 11 is 0. The van der Waals surface area contributed by atoms with Crippen molar-refractivity contribution in [3.63, 3.8) is 0 Å². The predicted octanol–water partition coefficient (Wildman–Crippen LogP) is 0.145. The van der Waals surface area contributed by atoms with Gasteiger partial charge >= 0.3 is 12.0 Å². The molecule has 0 heterocycles. The Hall–Kier alpha value is -1.79. The van der Waals surface area contributed by atoms with E-state index in [1.165, 1.54) is 4.90 Å². The molecule has 0 aliphatic rings. The first kappa shape index (κ1) is 16.2. The smallest absolute Gasteiger partial charge is 0.326 e. The number of urea groups is 1. The largest absolute Gasteiger partial charge is 0.480 e. The van der Waals surface area contributed by atoms with E-state index >= 15 is 0 Å². The molecule has 0 aliphatic heterocycles. The Morgan fingerprint density at radius 3 is 2.22 bits per heavy atom. The highest BCUT2D eigenvalue weighted by Crippen LogP contribution is 2.02. The molecule has 0 rings (SSSR count). The number of carbonyl (C=O) groups is 3. The Bertz CT molecular complexity index is 317.